The van der Waals surface area contributed by atoms with E-state index in [0.29, 0.717) is 46.3 Å². The fourth-order valence-electron chi connectivity index (χ4n) is 5.75. The predicted octanol–water partition coefficient (Wildman–Crippen LogP) is 4.11. The number of benzene rings is 1. The number of aliphatic imine (C=N–C) groups is 1. The van der Waals surface area contributed by atoms with Crippen molar-refractivity contribution in [2.24, 2.45) is 10.7 Å². The molecule has 0 aliphatic carbocycles. The number of fused-ring (bicyclic) bond motifs is 1. The summed E-state index contributed by atoms with van der Waals surface area (Å²) in [5.74, 6) is 0.318. The zero-order chi connectivity index (χ0) is 32.6. The number of nitrogens with zero attached hydrogens (tertiary/aromatic N) is 4. The van der Waals surface area contributed by atoms with Gasteiger partial charge in [-0.25, -0.2) is 14.4 Å². The summed E-state index contributed by atoms with van der Waals surface area (Å²) in [6.07, 6.45) is 4.24. The predicted molar refractivity (Wildman–Crippen MR) is 169 cm³/mol. The molecule has 1 aromatic carbocycles. The smallest absolute Gasteiger partial charge is 0.254 e. The lowest BCUT2D eigenvalue weighted by Crippen LogP contribution is -2.55. The molecular formula is C33H37FN6O5. The first-order chi connectivity index (χ1) is 21.4. The van der Waals surface area contributed by atoms with Crippen molar-refractivity contribution in [3.63, 3.8) is 0 Å². The molecule has 0 bridgehead atoms. The van der Waals surface area contributed by atoms with E-state index in [0.717, 1.165) is 11.1 Å². The summed E-state index contributed by atoms with van der Waals surface area (Å²) >= 11 is 0. The van der Waals surface area contributed by atoms with E-state index in [2.05, 4.69) is 9.98 Å². The summed E-state index contributed by atoms with van der Waals surface area (Å²) in [6, 6.07) is 6.58. The van der Waals surface area contributed by atoms with Gasteiger partial charge in [-0.3, -0.25) is 14.6 Å². The first-order valence-electron chi connectivity index (χ1n) is 14.5. The van der Waals surface area contributed by atoms with Crippen LogP contribution in [0, 0.1) is 6.92 Å². The van der Waals surface area contributed by atoms with Crippen molar-refractivity contribution in [2.45, 2.75) is 51.4 Å². The summed E-state index contributed by atoms with van der Waals surface area (Å²) in [6.45, 7) is 7.72. The highest BCUT2D eigenvalue weighted by molar-refractivity contribution is 6.00. The largest absolute Gasteiger partial charge is 0.495 e. The number of halogens is 1. The molecule has 2 aromatic heterocycles. The number of primary amides is 1. The second-order valence-electron chi connectivity index (χ2n) is 11.4. The molecule has 4 N–H and O–H groups in total. The summed E-state index contributed by atoms with van der Waals surface area (Å²) in [5.41, 5.74) is 15.4. The van der Waals surface area contributed by atoms with Gasteiger partial charge in [-0.1, -0.05) is 6.08 Å². The molecule has 2 amide bonds. The Balaban J connectivity index is 1.50. The van der Waals surface area contributed by atoms with Crippen LogP contribution < -0.4 is 25.7 Å². The van der Waals surface area contributed by atoms with E-state index in [1.807, 2.05) is 26.0 Å². The fraction of sp³-hybridized carbons (Fsp3) is 0.364. The van der Waals surface area contributed by atoms with E-state index in [4.69, 9.17) is 30.7 Å². The number of anilines is 1. The van der Waals surface area contributed by atoms with Crippen LogP contribution in [0.1, 0.15) is 59.4 Å². The number of hydrogen-bond acceptors (Lipinski definition) is 9. The van der Waals surface area contributed by atoms with Crippen LogP contribution >= 0.6 is 0 Å². The third kappa shape index (κ3) is 5.45. The number of methoxy groups -OCH3 is 2. The van der Waals surface area contributed by atoms with E-state index in [1.54, 1.807) is 50.3 Å². The first-order valence-corrected chi connectivity index (χ1v) is 14.5. The highest BCUT2D eigenvalue weighted by Gasteiger charge is 2.47. The lowest BCUT2D eigenvalue weighted by atomic mass is 9.80. The third-order valence-corrected chi connectivity index (χ3v) is 8.70. The average Bonchev–Trinajstić information content (AvgIpc) is 3.37. The third-order valence-electron chi connectivity index (χ3n) is 8.70. The number of rotatable bonds is 9. The van der Waals surface area contributed by atoms with E-state index < -0.39 is 17.6 Å². The van der Waals surface area contributed by atoms with Crippen LogP contribution in [0.5, 0.6) is 17.4 Å². The van der Waals surface area contributed by atoms with Crippen LogP contribution in [-0.4, -0.2) is 72.6 Å². The number of alkyl halides is 1. The Labute approximate surface area is 261 Å². The highest BCUT2D eigenvalue weighted by atomic mass is 19.1. The molecular weight excluding hydrogens is 579 g/mol. The van der Waals surface area contributed by atoms with Crippen molar-refractivity contribution in [2.75, 3.05) is 33.1 Å². The number of carbonyl (C=O) groups excluding carboxylic acids is 2. The second-order valence-corrected chi connectivity index (χ2v) is 11.4. The standard InChI is InChI=1S/C33H37FN6O5/c1-7-8-26(34)38-14-20-11-19(12-25(43-5)27(20)35)31(41)40-15-22(18(40)3)24-13-23-29(45-16-33(23,4)32(36)42)28(39-24)21-9-10-37-30(44-6)17(21)2/h7-14,18,22,26H,15-16,35H2,1-6H3,(H2,36,42)/b8-7+,38-14+/t18?,22-,26?,33-/m0/s1. The van der Waals surface area contributed by atoms with Gasteiger partial charge in [-0.2, -0.15) is 0 Å². The molecule has 0 saturated carbocycles. The normalized spacial score (nSPS) is 21.4. The van der Waals surface area contributed by atoms with Gasteiger partial charge in [0.1, 0.15) is 29.2 Å². The fourth-order valence-corrected chi connectivity index (χ4v) is 5.75. The van der Waals surface area contributed by atoms with Crippen molar-refractivity contribution in [3.8, 4) is 28.6 Å². The quantitative estimate of drug-likeness (QED) is 0.158. The SMILES string of the molecule is C/C=C/C(F)/N=C/c1cc(C(=O)N2C[C@H](c3cc4c(c(-c5ccnc(OC)c5C)n3)OC[C@]4(C)C(N)=O)C2C)cc(OC)c1N. The number of allylic oxidation sites excluding steroid dienone is 1. The van der Waals surface area contributed by atoms with Gasteiger partial charge >= 0.3 is 0 Å². The molecule has 0 radical (unpaired) electrons. The highest BCUT2D eigenvalue weighted by Crippen LogP contribution is 2.47. The maximum Gasteiger partial charge on any atom is 0.254 e. The molecule has 11 nitrogen and oxygen atoms in total. The van der Waals surface area contributed by atoms with Crippen LogP contribution in [-0.2, 0) is 10.2 Å². The number of carbonyl (C=O) groups is 2. The topological polar surface area (TPSA) is 155 Å². The number of nitrogen functional groups attached to an aromatic ring is 1. The Morgan fingerprint density at radius 3 is 2.67 bits per heavy atom. The van der Waals surface area contributed by atoms with E-state index in [9.17, 15) is 14.0 Å². The van der Waals surface area contributed by atoms with Crippen LogP contribution in [0.25, 0.3) is 11.3 Å². The molecule has 12 heteroatoms. The number of likely N-dealkylation sites (tertiary alicyclic amines) is 1. The van der Waals surface area contributed by atoms with Crippen molar-refractivity contribution < 1.29 is 28.2 Å². The van der Waals surface area contributed by atoms with E-state index >= 15 is 0 Å². The van der Waals surface area contributed by atoms with Crippen LogP contribution in [0.15, 0.2) is 47.6 Å². The van der Waals surface area contributed by atoms with Gasteiger partial charge in [0.2, 0.25) is 18.1 Å². The number of ether oxygens (including phenoxy) is 3. The number of aromatic nitrogens is 2. The van der Waals surface area contributed by atoms with Crippen LogP contribution in [0.3, 0.4) is 0 Å². The Morgan fingerprint density at radius 2 is 2.02 bits per heavy atom. The Kier molecular flexibility index (Phi) is 8.51. The summed E-state index contributed by atoms with van der Waals surface area (Å²) in [5, 5.41) is 0. The van der Waals surface area contributed by atoms with Crippen molar-refractivity contribution in [3.05, 3.63) is 70.6 Å². The zero-order valence-corrected chi connectivity index (χ0v) is 26.1. The average molecular weight is 617 g/mol. The summed E-state index contributed by atoms with van der Waals surface area (Å²) in [7, 11) is 2.99. The molecule has 2 unspecified atom stereocenters. The van der Waals surface area contributed by atoms with Crippen LogP contribution in [0.4, 0.5) is 10.1 Å². The molecule has 5 rings (SSSR count). The minimum absolute atomic E-state index is 0.0877. The van der Waals surface area contributed by atoms with Gasteiger partial charge < -0.3 is 30.6 Å². The van der Waals surface area contributed by atoms with Gasteiger partial charge in [0.05, 0.1) is 19.9 Å². The number of hydrogen-bond donors (Lipinski definition) is 2. The summed E-state index contributed by atoms with van der Waals surface area (Å²) < 4.78 is 30.9. The Bertz CT molecular complexity index is 1730. The maximum absolute atomic E-state index is 14.0. The van der Waals surface area contributed by atoms with Gasteiger partial charge in [0.15, 0.2) is 0 Å². The number of nitrogens with two attached hydrogens (primary N) is 2. The van der Waals surface area contributed by atoms with Gasteiger partial charge in [0, 0.05) is 64.4 Å². The minimum Gasteiger partial charge on any atom is -0.495 e. The van der Waals surface area contributed by atoms with Gasteiger partial charge in [0.25, 0.3) is 5.91 Å². The lowest BCUT2D eigenvalue weighted by molar-refractivity contribution is -0.123. The molecule has 1 saturated heterocycles. The molecule has 0 spiro atoms. The minimum atomic E-state index is -1.54. The lowest BCUT2D eigenvalue weighted by Gasteiger charge is -2.46. The molecule has 45 heavy (non-hydrogen) atoms. The van der Waals surface area contributed by atoms with Crippen molar-refractivity contribution in [1.82, 2.24) is 14.9 Å². The second kappa shape index (κ2) is 12.2. The molecule has 4 heterocycles. The Hall–Kier alpha value is -5.00. The van der Waals surface area contributed by atoms with Gasteiger partial charge in [-0.05, 0) is 58.0 Å². The molecule has 1 fully saturated rings. The van der Waals surface area contributed by atoms with Crippen molar-refractivity contribution >= 4 is 23.7 Å². The summed E-state index contributed by atoms with van der Waals surface area (Å²) in [4.78, 5) is 41.3. The monoisotopic (exact) mass is 616 g/mol. The first kappa shape index (κ1) is 31.4. The molecule has 2 aliphatic rings. The molecule has 4 atom stereocenters. The van der Waals surface area contributed by atoms with Crippen LogP contribution in [0.2, 0.25) is 0 Å². The zero-order valence-electron chi connectivity index (χ0n) is 26.1. The number of pyridine rings is 2. The molecule has 236 valence electrons. The van der Waals surface area contributed by atoms with E-state index in [-0.39, 0.29) is 35.9 Å². The number of amides is 2. The molecule has 3 aromatic rings. The van der Waals surface area contributed by atoms with Crippen molar-refractivity contribution in [1.29, 1.82) is 0 Å². The van der Waals surface area contributed by atoms with E-state index in [1.165, 1.54) is 19.4 Å². The molecule has 2 aliphatic heterocycles. The maximum atomic E-state index is 14.0. The van der Waals surface area contributed by atoms with Gasteiger partial charge in [-0.15, -0.1) is 0 Å². The Morgan fingerprint density at radius 1 is 1.27 bits per heavy atom.